The molecule has 49 heavy (non-hydrogen) atoms. The van der Waals surface area contributed by atoms with Crippen molar-refractivity contribution in [1.82, 2.24) is 20.6 Å². The number of nitrogens with zero attached hydrogens (tertiary/aromatic N) is 3. The maximum absolute atomic E-state index is 14.8. The maximum atomic E-state index is 14.8. The number of carboxylic acids is 1. The number of aliphatic hydroxyl groups is 1. The normalized spacial score (nSPS) is 22.9. The van der Waals surface area contributed by atoms with Crippen LogP contribution in [0.5, 0.6) is 5.88 Å². The Balaban J connectivity index is 1.24. The number of hydrogen-bond donors (Lipinski definition) is 5. The lowest BCUT2D eigenvalue weighted by molar-refractivity contribution is -0.198. The van der Waals surface area contributed by atoms with Gasteiger partial charge in [0.2, 0.25) is 17.9 Å². The number of hydrogen-bond acceptors (Lipinski definition) is 9. The van der Waals surface area contributed by atoms with Crippen LogP contribution < -0.4 is 26.0 Å². The lowest BCUT2D eigenvalue weighted by atomic mass is 9.76. The molecule has 2 aliphatic heterocycles. The summed E-state index contributed by atoms with van der Waals surface area (Å²) < 4.78 is 50.1. The Bertz CT molecular complexity index is 1690. The highest BCUT2D eigenvalue weighted by Crippen LogP contribution is 2.43. The molecule has 3 aliphatic rings. The second-order valence-electron chi connectivity index (χ2n) is 13.2. The summed E-state index contributed by atoms with van der Waals surface area (Å²) in [7, 11) is 0. The minimum absolute atomic E-state index is 0.107. The summed E-state index contributed by atoms with van der Waals surface area (Å²) in [5, 5.41) is 25.4. The zero-order valence-electron chi connectivity index (χ0n) is 26.5. The van der Waals surface area contributed by atoms with Crippen LogP contribution in [0, 0.1) is 5.41 Å². The molecule has 0 unspecified atom stereocenters. The van der Waals surface area contributed by atoms with Crippen LogP contribution in [-0.4, -0.2) is 76.1 Å². The fourth-order valence-corrected chi connectivity index (χ4v) is 7.26. The van der Waals surface area contributed by atoms with Crippen LogP contribution in [0.4, 0.5) is 24.9 Å². The highest BCUT2D eigenvalue weighted by atomic mass is 35.5. The number of nitrogens with one attached hydrogen (secondary N) is 2. The van der Waals surface area contributed by atoms with Crippen LogP contribution in [0.2, 0.25) is 5.02 Å². The van der Waals surface area contributed by atoms with Crippen molar-refractivity contribution in [1.29, 1.82) is 0 Å². The van der Waals surface area contributed by atoms with Crippen molar-refractivity contribution in [3.8, 4) is 17.0 Å². The Kier molecular flexibility index (Phi) is 9.92. The Morgan fingerprint density at radius 3 is 2.49 bits per heavy atom. The third-order valence-electron chi connectivity index (χ3n) is 9.81. The molecule has 1 spiro atoms. The van der Waals surface area contributed by atoms with E-state index >= 15 is 0 Å². The van der Waals surface area contributed by atoms with Crippen LogP contribution in [0.3, 0.4) is 0 Å². The van der Waals surface area contributed by atoms with Crippen LogP contribution in [0.15, 0.2) is 48.5 Å². The number of ether oxygens (including phenoxy) is 1. The molecule has 2 atom stereocenters. The number of carbonyl (C=O) groups is 2. The van der Waals surface area contributed by atoms with Gasteiger partial charge in [0.15, 0.2) is 0 Å². The molecule has 3 aromatic rings. The molecule has 2 aromatic carbocycles. The summed E-state index contributed by atoms with van der Waals surface area (Å²) in [6.07, 6.45) is -3.47. The number of carboxylic acid groups (broad SMARTS) is 1. The number of nitrogen functional groups attached to an aromatic ring is 1. The van der Waals surface area contributed by atoms with E-state index in [2.05, 4.69) is 20.6 Å². The Morgan fingerprint density at radius 2 is 1.82 bits per heavy atom. The van der Waals surface area contributed by atoms with Crippen molar-refractivity contribution in [2.24, 2.45) is 5.41 Å². The van der Waals surface area contributed by atoms with E-state index < -0.39 is 24.3 Å². The number of benzene rings is 2. The van der Waals surface area contributed by atoms with E-state index in [9.17, 15) is 33.0 Å². The van der Waals surface area contributed by atoms with Gasteiger partial charge in [0, 0.05) is 47.9 Å². The molecule has 0 bridgehead atoms. The number of alkyl halides is 3. The van der Waals surface area contributed by atoms with Crippen LogP contribution in [0.1, 0.15) is 67.0 Å². The molecule has 6 N–H and O–H groups in total. The van der Waals surface area contributed by atoms with E-state index in [4.69, 9.17) is 22.1 Å². The Morgan fingerprint density at radius 1 is 1.08 bits per heavy atom. The van der Waals surface area contributed by atoms with E-state index in [0.717, 1.165) is 0 Å². The molecule has 15 heteroatoms. The number of anilines is 2. The number of carbonyl (C=O) groups excluding carboxylic acids is 1. The Hall–Kier alpha value is -4.14. The van der Waals surface area contributed by atoms with E-state index in [0.29, 0.717) is 76.0 Å². The zero-order chi connectivity index (χ0) is 34.9. The molecule has 2 saturated heterocycles. The molecular formula is C34H38ClF3N6O5. The van der Waals surface area contributed by atoms with Gasteiger partial charge in [0.05, 0.1) is 6.10 Å². The van der Waals surface area contributed by atoms with Crippen molar-refractivity contribution in [3.05, 3.63) is 64.7 Å². The number of nitrogens with two attached hydrogens (primary N) is 1. The molecule has 3 heterocycles. The third-order valence-corrected chi connectivity index (χ3v) is 10.0. The van der Waals surface area contributed by atoms with Gasteiger partial charge in [-0.1, -0.05) is 29.8 Å². The smallest absolute Gasteiger partial charge is 0.429 e. The van der Waals surface area contributed by atoms with Gasteiger partial charge < -0.3 is 36.2 Å². The van der Waals surface area contributed by atoms with Gasteiger partial charge in [-0.05, 0) is 85.8 Å². The first kappa shape index (κ1) is 34.7. The molecule has 1 amide bonds. The quantitative estimate of drug-likeness (QED) is 0.213. The summed E-state index contributed by atoms with van der Waals surface area (Å²) in [6, 6.07) is 10.9. The summed E-state index contributed by atoms with van der Waals surface area (Å²) in [5.74, 6) is -1.58. The molecular weight excluding hydrogens is 665 g/mol. The molecule has 11 nitrogen and oxygen atoms in total. The molecule has 262 valence electrons. The van der Waals surface area contributed by atoms with Gasteiger partial charge in [-0.25, -0.2) is 0 Å². The van der Waals surface area contributed by atoms with Crippen molar-refractivity contribution in [2.75, 3.05) is 30.3 Å². The largest absolute Gasteiger partial charge is 0.480 e. The van der Waals surface area contributed by atoms with E-state index in [-0.39, 0.29) is 57.0 Å². The summed E-state index contributed by atoms with van der Waals surface area (Å²) in [6.45, 7) is 1.58. The van der Waals surface area contributed by atoms with Gasteiger partial charge in [-0.15, -0.1) is 0 Å². The number of aliphatic carboxylic acids is 1. The monoisotopic (exact) mass is 702 g/mol. The van der Waals surface area contributed by atoms with Gasteiger partial charge in [-0.2, -0.15) is 23.1 Å². The Labute approximate surface area is 286 Å². The fraction of sp³-hybridized carbons (Fsp3) is 0.471. The summed E-state index contributed by atoms with van der Waals surface area (Å²) in [4.78, 5) is 34.7. The van der Waals surface area contributed by atoms with Crippen LogP contribution in [-0.2, 0) is 4.79 Å². The number of aliphatic hydroxyl groups excluding tert-OH is 1. The summed E-state index contributed by atoms with van der Waals surface area (Å²) >= 11 is 6.29. The minimum atomic E-state index is -4.89. The lowest BCUT2D eigenvalue weighted by Crippen LogP contribution is -2.41. The first-order valence-corrected chi connectivity index (χ1v) is 16.6. The minimum Gasteiger partial charge on any atom is -0.480 e. The average molecular weight is 703 g/mol. The highest BCUT2D eigenvalue weighted by molar-refractivity contribution is 6.30. The number of aromatic nitrogens is 2. The van der Waals surface area contributed by atoms with Crippen LogP contribution in [0.25, 0.3) is 11.1 Å². The predicted octanol–water partition coefficient (Wildman–Crippen LogP) is 5.13. The molecule has 3 fully saturated rings. The molecule has 6 rings (SSSR count). The van der Waals surface area contributed by atoms with Crippen molar-refractivity contribution in [3.63, 3.8) is 0 Å². The molecule has 0 radical (unpaired) electrons. The van der Waals surface area contributed by atoms with Gasteiger partial charge in [0.1, 0.15) is 11.9 Å². The number of halogens is 4. The number of piperidine rings is 1. The predicted molar refractivity (Wildman–Crippen MR) is 176 cm³/mol. The van der Waals surface area contributed by atoms with Crippen LogP contribution >= 0.6 is 11.6 Å². The zero-order valence-corrected chi connectivity index (χ0v) is 27.3. The van der Waals surface area contributed by atoms with Crippen molar-refractivity contribution < 1.29 is 37.7 Å². The topological polar surface area (TPSA) is 163 Å². The average Bonchev–Trinajstić information content (AvgIpc) is 3.48. The SMILES string of the molecule is Nc1nc(O[C@H](c2ccc(Cl)cc2-c2cccc(C(=O)N[C@H]3CC[C@H](O)CC3)c2)C(F)(F)F)cc(N2CCC3(CC2)CN[C@H](C(=O)O)C3)n1. The maximum Gasteiger partial charge on any atom is 0.429 e. The number of rotatable bonds is 8. The molecule has 1 aliphatic carbocycles. The van der Waals surface area contributed by atoms with Crippen molar-refractivity contribution >= 4 is 35.2 Å². The first-order valence-electron chi connectivity index (χ1n) is 16.3. The lowest BCUT2D eigenvalue weighted by Gasteiger charge is -2.39. The molecule has 1 aromatic heterocycles. The first-order chi connectivity index (χ1) is 23.3. The third kappa shape index (κ3) is 8.03. The van der Waals surface area contributed by atoms with E-state index in [1.54, 1.807) is 18.2 Å². The highest BCUT2D eigenvalue weighted by Gasteiger charge is 2.46. The van der Waals surface area contributed by atoms with E-state index in [1.165, 1.54) is 30.3 Å². The fourth-order valence-electron chi connectivity index (χ4n) is 7.09. The van der Waals surface area contributed by atoms with Gasteiger partial charge in [-0.3, -0.25) is 9.59 Å². The summed E-state index contributed by atoms with van der Waals surface area (Å²) in [5.41, 5.74) is 6.27. The molecule has 1 saturated carbocycles. The van der Waals surface area contributed by atoms with Crippen molar-refractivity contribution in [2.45, 2.75) is 75.4 Å². The second kappa shape index (κ2) is 14.0. The second-order valence-corrected chi connectivity index (χ2v) is 13.7. The van der Waals surface area contributed by atoms with Gasteiger partial charge in [0.25, 0.3) is 5.91 Å². The van der Waals surface area contributed by atoms with E-state index in [1.807, 2.05) is 4.90 Å². The standard InChI is InChI=1S/C34H38ClF3N6O5/c35-21-4-9-24(25(15-21)19-2-1-3-20(14-19)30(46)41-22-5-7-23(45)8-6-22)29(34(36,37)38)49-28-16-27(42-32(39)43-28)44-12-10-33(11-13-44)17-26(31(47)48)40-18-33/h1-4,9,14-16,22-23,26,29,40,45H,5-8,10-13,17-18H2,(H,41,46)(H,47,48)(H2,39,42,43)/t22-,23-,26-,29+/m0/s1. The number of amides is 1. The van der Waals surface area contributed by atoms with Gasteiger partial charge >= 0.3 is 12.1 Å².